The zero-order chi connectivity index (χ0) is 27.3. The van der Waals surface area contributed by atoms with E-state index in [4.69, 9.17) is 4.42 Å². The lowest BCUT2D eigenvalue weighted by Crippen LogP contribution is -2.26. The average molecular weight is 539 g/mol. The monoisotopic (exact) mass is 538 g/mol. The Balaban J connectivity index is 1.35. The number of β-amino-alcohol motifs (C(OH)–C–C–N with tert-alkyl or cyclic N) is 1. The van der Waals surface area contributed by atoms with E-state index in [9.17, 15) is 18.7 Å². The van der Waals surface area contributed by atoms with Gasteiger partial charge in [-0.2, -0.15) is 5.10 Å². The molecule has 39 heavy (non-hydrogen) atoms. The van der Waals surface area contributed by atoms with Crippen LogP contribution in [0.1, 0.15) is 60.8 Å². The maximum absolute atomic E-state index is 14.8. The Morgan fingerprint density at radius 3 is 2.74 bits per heavy atom. The number of carbonyl (C=O) groups is 1. The standard InChI is InChI=1S/C26H28F2N8O3/c1-13(2)22-17(26-34-33-21(39-26)11-35-6-5-15(37)9-35)10-36-23(22)24(29-12-30-36)32-20-7-16(18(27)8-19(20)28)25(38)31-14-3-4-14/h7-8,10,12-15,37H,3-6,9,11H2,1-2H3,(H,31,38)(H,29,30,32)/t15-/m1/s1. The molecule has 1 amide bonds. The average Bonchev–Trinajstić information content (AvgIpc) is 3.25. The van der Waals surface area contributed by atoms with Crippen LogP contribution >= 0.6 is 0 Å². The largest absolute Gasteiger partial charge is 0.419 e. The van der Waals surface area contributed by atoms with Gasteiger partial charge in [-0.25, -0.2) is 18.3 Å². The summed E-state index contributed by atoms with van der Waals surface area (Å²) in [5.74, 6) is -1.43. The van der Waals surface area contributed by atoms with Crippen molar-refractivity contribution in [3.63, 3.8) is 0 Å². The van der Waals surface area contributed by atoms with Crippen LogP contribution in [0.4, 0.5) is 20.3 Å². The smallest absolute Gasteiger partial charge is 0.254 e. The molecule has 0 bridgehead atoms. The lowest BCUT2D eigenvalue weighted by Gasteiger charge is -2.13. The van der Waals surface area contributed by atoms with Gasteiger partial charge in [0.05, 0.1) is 29.5 Å². The summed E-state index contributed by atoms with van der Waals surface area (Å²) in [6.07, 6.45) is 5.09. The number of aliphatic hydroxyl groups is 1. The SMILES string of the molecule is CC(C)c1c(-c2nnc(CN3CC[C@@H](O)C3)o2)cn2ncnc(Nc3cc(C(=O)NC4CC4)c(F)cc3F)c12. The number of hydrogen-bond donors (Lipinski definition) is 3. The van der Waals surface area contributed by atoms with E-state index in [-0.39, 0.29) is 35.1 Å². The molecule has 0 spiro atoms. The highest BCUT2D eigenvalue weighted by atomic mass is 19.1. The summed E-state index contributed by atoms with van der Waals surface area (Å²) in [5, 5.41) is 28.2. The molecule has 13 heteroatoms. The van der Waals surface area contributed by atoms with Crippen LogP contribution in [0.2, 0.25) is 0 Å². The molecule has 2 fully saturated rings. The van der Waals surface area contributed by atoms with E-state index in [1.807, 2.05) is 18.7 Å². The third-order valence-corrected chi connectivity index (χ3v) is 6.96. The first-order valence-corrected chi connectivity index (χ1v) is 12.9. The second-order valence-electron chi connectivity index (χ2n) is 10.4. The second kappa shape index (κ2) is 9.97. The number of likely N-dealkylation sites (tertiary alicyclic amines) is 1. The molecule has 4 heterocycles. The number of nitrogens with one attached hydrogen (secondary N) is 2. The van der Waals surface area contributed by atoms with Gasteiger partial charge in [0, 0.05) is 31.4 Å². The number of aromatic nitrogens is 5. The molecule has 3 N–H and O–H groups in total. The van der Waals surface area contributed by atoms with Gasteiger partial charge in [0.2, 0.25) is 11.8 Å². The van der Waals surface area contributed by atoms with Gasteiger partial charge in [-0.15, -0.1) is 10.2 Å². The molecule has 4 aromatic rings. The lowest BCUT2D eigenvalue weighted by molar-refractivity contribution is 0.0947. The second-order valence-corrected chi connectivity index (χ2v) is 10.4. The third kappa shape index (κ3) is 5.06. The molecule has 3 aromatic heterocycles. The number of benzene rings is 1. The summed E-state index contributed by atoms with van der Waals surface area (Å²) in [6.45, 7) is 5.70. The molecule has 1 saturated carbocycles. The van der Waals surface area contributed by atoms with Crippen LogP contribution in [0.25, 0.3) is 17.0 Å². The number of amides is 1. The van der Waals surface area contributed by atoms with Crippen LogP contribution in [0, 0.1) is 11.6 Å². The van der Waals surface area contributed by atoms with Crippen LogP contribution in [0.5, 0.6) is 0 Å². The summed E-state index contributed by atoms with van der Waals surface area (Å²) in [6, 6.07) is 1.87. The van der Waals surface area contributed by atoms with E-state index in [2.05, 4.69) is 30.9 Å². The number of anilines is 2. The van der Waals surface area contributed by atoms with Crippen molar-refractivity contribution in [1.82, 2.24) is 35.0 Å². The van der Waals surface area contributed by atoms with E-state index in [1.54, 1.807) is 10.7 Å². The molecule has 0 radical (unpaired) electrons. The maximum Gasteiger partial charge on any atom is 0.254 e. The molecule has 1 aliphatic heterocycles. The van der Waals surface area contributed by atoms with Crippen molar-refractivity contribution in [2.45, 2.75) is 57.7 Å². The molecule has 6 rings (SSSR count). The fraction of sp³-hybridized carbons (Fsp3) is 0.423. The van der Waals surface area contributed by atoms with E-state index in [0.717, 1.165) is 31.0 Å². The Hall–Kier alpha value is -3.97. The number of aliphatic hydroxyl groups excluding tert-OH is 1. The zero-order valence-electron chi connectivity index (χ0n) is 21.5. The van der Waals surface area contributed by atoms with Gasteiger partial charge in [-0.3, -0.25) is 9.69 Å². The van der Waals surface area contributed by atoms with Crippen molar-refractivity contribution < 1.29 is 23.1 Å². The Morgan fingerprint density at radius 1 is 1.21 bits per heavy atom. The van der Waals surface area contributed by atoms with Crippen molar-refractivity contribution in [3.05, 3.63) is 53.3 Å². The number of fused-ring (bicyclic) bond motifs is 1. The minimum Gasteiger partial charge on any atom is -0.419 e. The number of rotatable bonds is 8. The predicted octanol–water partition coefficient (Wildman–Crippen LogP) is 3.38. The molecule has 204 valence electrons. The molecular formula is C26H28F2N8O3. The van der Waals surface area contributed by atoms with Crippen LogP contribution < -0.4 is 10.6 Å². The van der Waals surface area contributed by atoms with Gasteiger partial charge in [0.1, 0.15) is 23.5 Å². The van der Waals surface area contributed by atoms with Gasteiger partial charge < -0.3 is 20.2 Å². The Bertz CT molecular complexity index is 1550. The summed E-state index contributed by atoms with van der Waals surface area (Å²) in [4.78, 5) is 18.9. The van der Waals surface area contributed by atoms with Gasteiger partial charge in [0.15, 0.2) is 5.82 Å². The molecular weight excluding hydrogens is 510 g/mol. The highest BCUT2D eigenvalue weighted by Crippen LogP contribution is 2.37. The van der Waals surface area contributed by atoms with Gasteiger partial charge in [0.25, 0.3) is 5.91 Å². The molecule has 1 atom stereocenters. The first kappa shape index (κ1) is 25.3. The Kier molecular flexibility index (Phi) is 6.47. The van der Waals surface area contributed by atoms with E-state index in [1.165, 1.54) is 6.33 Å². The van der Waals surface area contributed by atoms with Gasteiger partial charge >= 0.3 is 0 Å². The molecule has 1 aromatic carbocycles. The van der Waals surface area contributed by atoms with Crippen LogP contribution in [-0.2, 0) is 6.54 Å². The molecule has 11 nitrogen and oxygen atoms in total. The topological polar surface area (TPSA) is 134 Å². The summed E-state index contributed by atoms with van der Waals surface area (Å²) in [7, 11) is 0. The van der Waals surface area contributed by atoms with Crippen molar-refractivity contribution >= 4 is 22.9 Å². The van der Waals surface area contributed by atoms with Gasteiger partial charge in [-0.1, -0.05) is 13.8 Å². The van der Waals surface area contributed by atoms with Crippen molar-refractivity contribution in [1.29, 1.82) is 0 Å². The van der Waals surface area contributed by atoms with E-state index >= 15 is 0 Å². The molecule has 1 saturated heterocycles. The molecule has 2 aliphatic rings. The summed E-state index contributed by atoms with van der Waals surface area (Å²) < 4.78 is 36.9. The van der Waals surface area contributed by atoms with Crippen LogP contribution in [0.3, 0.4) is 0 Å². The van der Waals surface area contributed by atoms with Crippen molar-refractivity contribution in [2.75, 3.05) is 18.4 Å². The quantitative estimate of drug-likeness (QED) is 0.309. The van der Waals surface area contributed by atoms with Crippen molar-refractivity contribution in [2.24, 2.45) is 0 Å². The number of hydrogen-bond acceptors (Lipinski definition) is 9. The van der Waals surface area contributed by atoms with Crippen LogP contribution in [-0.4, -0.2) is 65.9 Å². The first-order valence-electron chi connectivity index (χ1n) is 12.9. The maximum atomic E-state index is 14.8. The molecule has 1 aliphatic carbocycles. The van der Waals surface area contributed by atoms with E-state index < -0.39 is 17.5 Å². The summed E-state index contributed by atoms with van der Waals surface area (Å²) in [5.41, 5.74) is 1.65. The zero-order valence-corrected chi connectivity index (χ0v) is 21.5. The highest BCUT2D eigenvalue weighted by Gasteiger charge is 2.28. The van der Waals surface area contributed by atoms with Gasteiger partial charge in [-0.05, 0) is 36.8 Å². The normalized spacial score (nSPS) is 17.8. The van der Waals surface area contributed by atoms with Crippen LogP contribution in [0.15, 0.2) is 29.1 Å². The number of halogens is 2. The minimum absolute atomic E-state index is 0.0275. The summed E-state index contributed by atoms with van der Waals surface area (Å²) >= 11 is 0. The highest BCUT2D eigenvalue weighted by molar-refractivity contribution is 5.96. The predicted molar refractivity (Wildman–Crippen MR) is 136 cm³/mol. The van der Waals surface area contributed by atoms with E-state index in [0.29, 0.717) is 48.4 Å². The fourth-order valence-electron chi connectivity index (χ4n) is 4.89. The van der Waals surface area contributed by atoms with Crippen molar-refractivity contribution in [3.8, 4) is 11.5 Å². The third-order valence-electron chi connectivity index (χ3n) is 6.96. The Labute approximate surface area is 222 Å². The minimum atomic E-state index is -0.937. The fourth-order valence-corrected chi connectivity index (χ4v) is 4.89. The lowest BCUT2D eigenvalue weighted by atomic mass is 10.00. The number of carbonyl (C=O) groups excluding carboxylic acids is 1. The first-order chi connectivity index (χ1) is 18.8. The molecule has 0 unspecified atom stereocenters. The number of nitrogens with zero attached hydrogens (tertiary/aromatic N) is 6. The Morgan fingerprint density at radius 2 is 2.03 bits per heavy atom.